The number of nitrogen functional groups attached to an aromatic ring is 1. The molecule has 2 rings (SSSR count). The zero-order chi connectivity index (χ0) is 14.7. The van der Waals surface area contributed by atoms with E-state index < -0.39 is 5.91 Å². The van der Waals surface area contributed by atoms with Gasteiger partial charge in [-0.15, -0.1) is 0 Å². The molecule has 0 atom stereocenters. The minimum absolute atomic E-state index is 0.442. The van der Waals surface area contributed by atoms with E-state index in [0.717, 1.165) is 11.3 Å². The molecule has 0 saturated carbocycles. The van der Waals surface area contributed by atoms with Crippen molar-refractivity contribution in [1.29, 1.82) is 0 Å². The number of carbonyl (C=O) groups excluding carboxylic acids is 1. The Bertz CT molecular complexity index is 626. The summed E-state index contributed by atoms with van der Waals surface area (Å²) < 4.78 is 0. The van der Waals surface area contributed by atoms with Crippen molar-refractivity contribution in [3.05, 3.63) is 58.6 Å². The topological polar surface area (TPSA) is 72.3 Å². The smallest absolute Gasteiger partial charge is 0.248 e. The van der Waals surface area contributed by atoms with Crippen LogP contribution in [0.3, 0.4) is 0 Å². The van der Waals surface area contributed by atoms with Gasteiger partial charge in [0.15, 0.2) is 0 Å². The Kier molecular flexibility index (Phi) is 4.15. The maximum Gasteiger partial charge on any atom is 0.248 e. The van der Waals surface area contributed by atoms with Gasteiger partial charge >= 0.3 is 0 Å². The van der Waals surface area contributed by atoms with E-state index in [9.17, 15) is 4.79 Å². The molecule has 0 radical (unpaired) electrons. The second-order valence-corrected chi connectivity index (χ2v) is 5.06. The highest BCUT2D eigenvalue weighted by Crippen LogP contribution is 2.25. The molecule has 0 bridgehead atoms. The molecule has 0 spiro atoms. The average molecular weight is 290 g/mol. The number of nitrogens with zero attached hydrogens (tertiary/aromatic N) is 1. The van der Waals surface area contributed by atoms with Crippen LogP contribution in [-0.4, -0.2) is 13.0 Å². The Morgan fingerprint density at radius 3 is 2.45 bits per heavy atom. The lowest BCUT2D eigenvalue weighted by Crippen LogP contribution is -2.19. The summed E-state index contributed by atoms with van der Waals surface area (Å²) in [5.41, 5.74) is 14.2. The molecule has 0 heterocycles. The van der Waals surface area contributed by atoms with Gasteiger partial charge in [-0.2, -0.15) is 0 Å². The zero-order valence-corrected chi connectivity index (χ0v) is 11.9. The molecular formula is C15H16ClN3O. The highest BCUT2D eigenvalue weighted by Gasteiger charge is 2.09. The van der Waals surface area contributed by atoms with Crippen LogP contribution in [0, 0.1) is 0 Å². The molecular weight excluding hydrogens is 274 g/mol. The summed E-state index contributed by atoms with van der Waals surface area (Å²) in [4.78, 5) is 13.2. The molecule has 2 aromatic carbocycles. The fraction of sp³-hybridized carbons (Fsp3) is 0.133. The second-order valence-electron chi connectivity index (χ2n) is 4.62. The van der Waals surface area contributed by atoms with Gasteiger partial charge in [-0.1, -0.05) is 23.7 Å². The Balaban J connectivity index is 2.24. The summed E-state index contributed by atoms with van der Waals surface area (Å²) in [5.74, 6) is -0.467. The first-order chi connectivity index (χ1) is 9.47. The minimum atomic E-state index is -0.467. The molecule has 2 aromatic rings. The highest BCUT2D eigenvalue weighted by molar-refractivity contribution is 6.30. The summed E-state index contributed by atoms with van der Waals surface area (Å²) in [6, 6.07) is 12.6. The van der Waals surface area contributed by atoms with Gasteiger partial charge in [0, 0.05) is 24.2 Å². The largest absolute Gasteiger partial charge is 0.397 e. The van der Waals surface area contributed by atoms with Gasteiger partial charge in [0.05, 0.1) is 11.4 Å². The number of nitrogens with two attached hydrogens (primary N) is 2. The summed E-state index contributed by atoms with van der Waals surface area (Å²) in [6.07, 6.45) is 0. The molecule has 0 aliphatic rings. The number of hydrogen-bond acceptors (Lipinski definition) is 3. The SMILES string of the molecule is CN(Cc1ccc(Cl)cc1)c1cc(C(N)=O)ccc1N. The van der Waals surface area contributed by atoms with Gasteiger partial charge in [-0.05, 0) is 35.9 Å². The lowest BCUT2D eigenvalue weighted by atomic mass is 10.1. The number of hydrogen-bond donors (Lipinski definition) is 2. The fourth-order valence-electron chi connectivity index (χ4n) is 1.98. The number of primary amides is 1. The molecule has 0 unspecified atom stereocenters. The van der Waals surface area contributed by atoms with E-state index in [1.165, 1.54) is 0 Å². The molecule has 0 aliphatic heterocycles. The van der Waals surface area contributed by atoms with E-state index in [0.29, 0.717) is 22.8 Å². The van der Waals surface area contributed by atoms with E-state index >= 15 is 0 Å². The van der Waals surface area contributed by atoms with Crippen LogP contribution in [0.2, 0.25) is 5.02 Å². The maximum absolute atomic E-state index is 11.2. The molecule has 0 saturated heterocycles. The van der Waals surface area contributed by atoms with Gasteiger partial charge in [0.2, 0.25) is 5.91 Å². The molecule has 104 valence electrons. The molecule has 0 aliphatic carbocycles. The third kappa shape index (κ3) is 3.22. The van der Waals surface area contributed by atoms with Crippen molar-refractivity contribution in [2.75, 3.05) is 17.7 Å². The van der Waals surface area contributed by atoms with Crippen LogP contribution in [0.5, 0.6) is 0 Å². The van der Waals surface area contributed by atoms with Crippen molar-refractivity contribution < 1.29 is 4.79 Å². The number of benzene rings is 2. The monoisotopic (exact) mass is 289 g/mol. The average Bonchev–Trinajstić information content (AvgIpc) is 2.41. The maximum atomic E-state index is 11.2. The van der Waals surface area contributed by atoms with Crippen LogP contribution < -0.4 is 16.4 Å². The van der Waals surface area contributed by atoms with Crippen LogP contribution >= 0.6 is 11.6 Å². The first-order valence-corrected chi connectivity index (χ1v) is 6.50. The predicted octanol–water partition coefficient (Wildman–Crippen LogP) is 2.66. The Morgan fingerprint density at radius 2 is 1.85 bits per heavy atom. The van der Waals surface area contributed by atoms with Crippen LogP contribution in [0.1, 0.15) is 15.9 Å². The van der Waals surface area contributed by atoms with Crippen LogP contribution in [-0.2, 0) is 6.54 Å². The van der Waals surface area contributed by atoms with Crippen LogP contribution in [0.15, 0.2) is 42.5 Å². The molecule has 4 nitrogen and oxygen atoms in total. The van der Waals surface area contributed by atoms with Crippen LogP contribution in [0.25, 0.3) is 0 Å². The van der Waals surface area contributed by atoms with E-state index in [1.807, 2.05) is 36.2 Å². The number of halogens is 1. The lowest BCUT2D eigenvalue weighted by Gasteiger charge is -2.21. The molecule has 1 amide bonds. The van der Waals surface area contributed by atoms with Crippen molar-refractivity contribution in [2.45, 2.75) is 6.54 Å². The normalized spacial score (nSPS) is 10.3. The molecule has 20 heavy (non-hydrogen) atoms. The van der Waals surface area contributed by atoms with E-state index in [4.69, 9.17) is 23.1 Å². The summed E-state index contributed by atoms with van der Waals surface area (Å²) in [7, 11) is 1.91. The third-order valence-corrected chi connectivity index (χ3v) is 3.31. The molecule has 0 fully saturated rings. The second kappa shape index (κ2) is 5.84. The molecule has 4 N–H and O–H groups in total. The fourth-order valence-corrected chi connectivity index (χ4v) is 2.10. The Labute approximate surface area is 122 Å². The van der Waals surface area contributed by atoms with Crippen molar-refractivity contribution in [2.24, 2.45) is 5.73 Å². The van der Waals surface area contributed by atoms with Gasteiger partial charge in [0.25, 0.3) is 0 Å². The minimum Gasteiger partial charge on any atom is -0.397 e. The quantitative estimate of drug-likeness (QED) is 0.850. The van der Waals surface area contributed by atoms with E-state index in [1.54, 1.807) is 18.2 Å². The molecule has 0 aromatic heterocycles. The van der Waals surface area contributed by atoms with Crippen molar-refractivity contribution in [1.82, 2.24) is 0 Å². The van der Waals surface area contributed by atoms with Gasteiger partial charge < -0.3 is 16.4 Å². The van der Waals surface area contributed by atoms with Gasteiger partial charge in [-0.3, -0.25) is 4.79 Å². The van der Waals surface area contributed by atoms with Crippen molar-refractivity contribution in [3.63, 3.8) is 0 Å². The number of anilines is 2. The first kappa shape index (κ1) is 14.2. The summed E-state index contributed by atoms with van der Waals surface area (Å²) in [5, 5.41) is 0.701. The zero-order valence-electron chi connectivity index (χ0n) is 11.1. The molecule has 5 heteroatoms. The number of rotatable bonds is 4. The van der Waals surface area contributed by atoms with Gasteiger partial charge in [-0.25, -0.2) is 0 Å². The lowest BCUT2D eigenvalue weighted by molar-refractivity contribution is 0.100. The number of carbonyl (C=O) groups is 1. The van der Waals surface area contributed by atoms with E-state index in [-0.39, 0.29) is 0 Å². The summed E-state index contributed by atoms with van der Waals surface area (Å²) >= 11 is 5.86. The predicted molar refractivity (Wildman–Crippen MR) is 82.9 cm³/mol. The summed E-state index contributed by atoms with van der Waals surface area (Å²) in [6.45, 7) is 0.656. The van der Waals surface area contributed by atoms with Crippen molar-refractivity contribution in [3.8, 4) is 0 Å². The number of amides is 1. The van der Waals surface area contributed by atoms with Gasteiger partial charge in [0.1, 0.15) is 0 Å². The standard InChI is InChI=1S/C15H16ClN3O/c1-19(9-10-2-5-12(16)6-3-10)14-8-11(15(18)20)4-7-13(14)17/h2-8H,9,17H2,1H3,(H2,18,20). The highest BCUT2D eigenvalue weighted by atomic mass is 35.5. The van der Waals surface area contributed by atoms with Crippen LogP contribution in [0.4, 0.5) is 11.4 Å². The Morgan fingerprint density at radius 1 is 1.20 bits per heavy atom. The third-order valence-electron chi connectivity index (χ3n) is 3.06. The Hall–Kier alpha value is -2.20. The van der Waals surface area contributed by atoms with Crippen molar-refractivity contribution >= 4 is 28.9 Å². The first-order valence-electron chi connectivity index (χ1n) is 6.12. The van der Waals surface area contributed by atoms with E-state index in [2.05, 4.69) is 0 Å².